The average molecular weight is 328 g/mol. The van der Waals surface area contributed by atoms with Gasteiger partial charge in [0, 0.05) is 51.0 Å². The number of rotatable bonds is 6. The van der Waals surface area contributed by atoms with E-state index in [-0.39, 0.29) is 11.8 Å². The molecule has 1 fully saturated rings. The van der Waals surface area contributed by atoms with Crippen LogP contribution in [0, 0.1) is 11.8 Å². The van der Waals surface area contributed by atoms with Gasteiger partial charge >= 0.3 is 0 Å². The summed E-state index contributed by atoms with van der Waals surface area (Å²) >= 11 is 0. The number of hydrogen-bond donors (Lipinski definition) is 1. The van der Waals surface area contributed by atoms with E-state index >= 15 is 0 Å². The summed E-state index contributed by atoms with van der Waals surface area (Å²) in [6.07, 6.45) is 9.10. The molecule has 0 saturated carbocycles. The van der Waals surface area contributed by atoms with Crippen molar-refractivity contribution in [1.82, 2.24) is 25.1 Å². The average Bonchev–Trinajstić information content (AvgIpc) is 3.13. The second-order valence-corrected chi connectivity index (χ2v) is 6.41. The van der Waals surface area contributed by atoms with E-state index in [0.717, 1.165) is 25.9 Å². The second kappa shape index (κ2) is 7.90. The van der Waals surface area contributed by atoms with Crippen molar-refractivity contribution in [2.45, 2.75) is 26.3 Å². The first-order valence-electron chi connectivity index (χ1n) is 8.49. The van der Waals surface area contributed by atoms with Crippen molar-refractivity contribution in [1.29, 1.82) is 0 Å². The van der Waals surface area contributed by atoms with Crippen molar-refractivity contribution < 1.29 is 4.79 Å². The lowest BCUT2D eigenvalue weighted by Crippen LogP contribution is -2.44. The normalized spacial score (nSPS) is 19.0. The van der Waals surface area contributed by atoms with Crippen LogP contribution in [0.4, 0.5) is 5.95 Å². The van der Waals surface area contributed by atoms with Crippen molar-refractivity contribution in [2.24, 2.45) is 11.8 Å². The molecule has 1 aliphatic heterocycles. The fraction of sp³-hybridized carbons (Fsp3) is 0.529. The summed E-state index contributed by atoms with van der Waals surface area (Å²) in [7, 11) is 0. The maximum atomic E-state index is 12.5. The summed E-state index contributed by atoms with van der Waals surface area (Å²) in [5, 5.41) is 7.29. The molecule has 1 N–H and O–H groups in total. The van der Waals surface area contributed by atoms with Crippen molar-refractivity contribution >= 4 is 11.9 Å². The Labute approximate surface area is 142 Å². The number of hydrogen-bond acceptors (Lipinski definition) is 5. The lowest BCUT2D eigenvalue weighted by Gasteiger charge is -2.32. The van der Waals surface area contributed by atoms with Gasteiger partial charge in [-0.3, -0.25) is 9.48 Å². The predicted molar refractivity (Wildman–Crippen MR) is 91.4 cm³/mol. The molecule has 0 spiro atoms. The van der Waals surface area contributed by atoms with Crippen LogP contribution in [0.2, 0.25) is 0 Å². The summed E-state index contributed by atoms with van der Waals surface area (Å²) in [5.41, 5.74) is 0. The molecular formula is C17H24N6O. The van der Waals surface area contributed by atoms with Crippen LogP contribution in [-0.4, -0.2) is 45.3 Å². The number of piperidine rings is 1. The van der Waals surface area contributed by atoms with E-state index in [9.17, 15) is 4.79 Å². The van der Waals surface area contributed by atoms with Gasteiger partial charge in [-0.25, -0.2) is 9.97 Å². The first-order valence-corrected chi connectivity index (χ1v) is 8.49. The van der Waals surface area contributed by atoms with Gasteiger partial charge in [-0.05, 0) is 30.9 Å². The molecule has 1 aliphatic rings. The number of aromatic nitrogens is 4. The fourth-order valence-electron chi connectivity index (χ4n) is 3.04. The Morgan fingerprint density at radius 2 is 2.17 bits per heavy atom. The van der Waals surface area contributed by atoms with E-state index in [0.29, 0.717) is 25.0 Å². The van der Waals surface area contributed by atoms with Crippen molar-refractivity contribution in [3.05, 3.63) is 36.9 Å². The van der Waals surface area contributed by atoms with E-state index in [1.165, 1.54) is 0 Å². The summed E-state index contributed by atoms with van der Waals surface area (Å²) in [4.78, 5) is 23.2. The highest BCUT2D eigenvalue weighted by Crippen LogP contribution is 2.20. The van der Waals surface area contributed by atoms with E-state index in [2.05, 4.69) is 32.2 Å². The third-order valence-corrected chi connectivity index (χ3v) is 4.31. The second-order valence-electron chi connectivity index (χ2n) is 6.41. The van der Waals surface area contributed by atoms with Gasteiger partial charge in [-0.2, -0.15) is 5.10 Å². The van der Waals surface area contributed by atoms with Crippen LogP contribution in [-0.2, 0) is 11.3 Å². The highest BCUT2D eigenvalue weighted by molar-refractivity contribution is 5.79. The van der Waals surface area contributed by atoms with Gasteiger partial charge < -0.3 is 10.2 Å². The molecule has 1 saturated heterocycles. The molecule has 2 aromatic rings. The smallest absolute Gasteiger partial charge is 0.225 e. The highest BCUT2D eigenvalue weighted by atomic mass is 16.1. The maximum Gasteiger partial charge on any atom is 0.225 e. The zero-order valence-electron chi connectivity index (χ0n) is 14.0. The topological polar surface area (TPSA) is 75.9 Å². The summed E-state index contributed by atoms with van der Waals surface area (Å²) in [6, 6.07) is 3.71. The quantitative estimate of drug-likeness (QED) is 0.866. The Morgan fingerprint density at radius 1 is 1.33 bits per heavy atom. The van der Waals surface area contributed by atoms with Gasteiger partial charge in [0.15, 0.2) is 0 Å². The molecule has 0 bridgehead atoms. The zero-order chi connectivity index (χ0) is 16.8. The van der Waals surface area contributed by atoms with Gasteiger partial charge in [-0.1, -0.05) is 6.92 Å². The van der Waals surface area contributed by atoms with Gasteiger partial charge in [0.2, 0.25) is 11.9 Å². The van der Waals surface area contributed by atoms with Crippen LogP contribution in [0.3, 0.4) is 0 Å². The van der Waals surface area contributed by atoms with Gasteiger partial charge in [0.1, 0.15) is 0 Å². The summed E-state index contributed by atoms with van der Waals surface area (Å²) in [5.74, 6) is 1.18. The molecule has 0 radical (unpaired) electrons. The molecule has 0 aliphatic carbocycles. The lowest BCUT2D eigenvalue weighted by atomic mass is 9.97. The van der Waals surface area contributed by atoms with Gasteiger partial charge in [-0.15, -0.1) is 0 Å². The number of amides is 1. The maximum absolute atomic E-state index is 12.5. The number of nitrogens with one attached hydrogen (secondary N) is 1. The number of anilines is 1. The molecule has 7 nitrogen and oxygen atoms in total. The molecule has 2 unspecified atom stereocenters. The van der Waals surface area contributed by atoms with Gasteiger partial charge in [0.25, 0.3) is 0 Å². The minimum absolute atomic E-state index is 0.000500. The standard InChI is InChI=1S/C17H24N6O/c1-14(12-23-10-4-8-21-23)11-20-16(24)15-5-2-9-22(13-15)17-18-6-3-7-19-17/h3-4,6-8,10,14-15H,2,5,9,11-13H2,1H3,(H,20,24). The van der Waals surface area contributed by atoms with Crippen LogP contribution in [0.1, 0.15) is 19.8 Å². The number of carbonyl (C=O) groups excluding carboxylic acids is 1. The molecular weight excluding hydrogens is 304 g/mol. The first kappa shape index (κ1) is 16.4. The fourth-order valence-corrected chi connectivity index (χ4v) is 3.04. The van der Waals surface area contributed by atoms with Crippen LogP contribution in [0.5, 0.6) is 0 Å². The van der Waals surface area contributed by atoms with E-state index in [4.69, 9.17) is 0 Å². The third kappa shape index (κ3) is 4.31. The van der Waals surface area contributed by atoms with Crippen molar-refractivity contribution in [3.63, 3.8) is 0 Å². The van der Waals surface area contributed by atoms with Crippen molar-refractivity contribution in [3.8, 4) is 0 Å². The number of nitrogens with zero attached hydrogens (tertiary/aromatic N) is 5. The third-order valence-electron chi connectivity index (χ3n) is 4.31. The van der Waals surface area contributed by atoms with Gasteiger partial charge in [0.05, 0.1) is 5.92 Å². The van der Waals surface area contributed by atoms with Crippen LogP contribution < -0.4 is 10.2 Å². The van der Waals surface area contributed by atoms with E-state index in [1.54, 1.807) is 24.7 Å². The molecule has 24 heavy (non-hydrogen) atoms. The zero-order valence-corrected chi connectivity index (χ0v) is 14.0. The molecule has 1 amide bonds. The molecule has 3 heterocycles. The Kier molecular flexibility index (Phi) is 5.40. The first-order chi connectivity index (χ1) is 11.7. The molecule has 2 atom stereocenters. The molecule has 2 aromatic heterocycles. The molecule has 0 aromatic carbocycles. The summed E-state index contributed by atoms with van der Waals surface area (Å²) in [6.45, 7) is 5.18. The highest BCUT2D eigenvalue weighted by Gasteiger charge is 2.27. The SMILES string of the molecule is CC(CNC(=O)C1CCCN(c2ncccn2)C1)Cn1cccn1. The van der Waals surface area contributed by atoms with Crippen molar-refractivity contribution in [2.75, 3.05) is 24.5 Å². The predicted octanol–water partition coefficient (Wildman–Crippen LogP) is 1.34. The van der Waals surface area contributed by atoms with Crippen LogP contribution in [0.25, 0.3) is 0 Å². The minimum Gasteiger partial charge on any atom is -0.355 e. The largest absolute Gasteiger partial charge is 0.355 e. The lowest BCUT2D eigenvalue weighted by molar-refractivity contribution is -0.125. The van der Waals surface area contributed by atoms with E-state index < -0.39 is 0 Å². The number of carbonyl (C=O) groups is 1. The molecule has 7 heteroatoms. The minimum atomic E-state index is -0.000500. The Balaban J connectivity index is 1.47. The molecule has 128 valence electrons. The summed E-state index contributed by atoms with van der Waals surface area (Å²) < 4.78 is 1.89. The van der Waals surface area contributed by atoms with Crippen LogP contribution in [0.15, 0.2) is 36.9 Å². The Hall–Kier alpha value is -2.44. The van der Waals surface area contributed by atoms with E-state index in [1.807, 2.05) is 16.9 Å². The Morgan fingerprint density at radius 3 is 2.92 bits per heavy atom. The monoisotopic (exact) mass is 328 g/mol. The molecule has 3 rings (SSSR count). The van der Waals surface area contributed by atoms with Crippen LogP contribution >= 0.6 is 0 Å². The Bertz CT molecular complexity index is 630.